The van der Waals surface area contributed by atoms with Crippen LogP contribution in [0.5, 0.6) is 5.75 Å². The smallest absolute Gasteiger partial charge is 0.124 e. The molecule has 2 bridgehead atoms. The summed E-state index contributed by atoms with van der Waals surface area (Å²) in [6.07, 6.45) is 4.18. The Morgan fingerprint density at radius 3 is 3.00 bits per heavy atom. The van der Waals surface area contributed by atoms with Crippen molar-refractivity contribution in [1.82, 2.24) is 9.88 Å². The summed E-state index contributed by atoms with van der Waals surface area (Å²) >= 11 is 0. The highest BCUT2D eigenvalue weighted by Crippen LogP contribution is 2.41. The van der Waals surface area contributed by atoms with E-state index in [-0.39, 0.29) is 12.0 Å². The number of rotatable bonds is 4. The van der Waals surface area contributed by atoms with Crippen molar-refractivity contribution in [2.45, 2.75) is 25.0 Å². The monoisotopic (exact) mass is 326 g/mol. The minimum Gasteiger partial charge on any atom is -0.497 e. The number of fused-ring (bicyclic) bond motifs is 4. The Kier molecular flexibility index (Phi) is 3.98. The van der Waals surface area contributed by atoms with Crippen LogP contribution in [-0.4, -0.2) is 47.5 Å². The number of aliphatic hydroxyl groups is 1. The van der Waals surface area contributed by atoms with Gasteiger partial charge in [0.05, 0.1) is 18.7 Å². The number of aliphatic hydroxyl groups excluding tert-OH is 1. The van der Waals surface area contributed by atoms with E-state index >= 15 is 0 Å². The van der Waals surface area contributed by atoms with Crippen molar-refractivity contribution in [3.63, 3.8) is 0 Å². The Bertz CT molecular complexity index is 763. The molecule has 1 unspecified atom stereocenters. The fourth-order valence-corrected chi connectivity index (χ4v) is 4.33. The second-order valence-electron chi connectivity index (χ2n) is 6.87. The van der Waals surface area contributed by atoms with Crippen LogP contribution >= 0.6 is 0 Å². The minimum absolute atomic E-state index is 0.0664. The fraction of sp³-hybridized carbons (Fsp3) is 0.474. The molecule has 5 rings (SSSR count). The van der Waals surface area contributed by atoms with E-state index in [1.165, 1.54) is 0 Å². The molecule has 1 aromatic carbocycles. The summed E-state index contributed by atoms with van der Waals surface area (Å²) in [5.74, 6) is 1.28. The second kappa shape index (κ2) is 6.15. The van der Waals surface area contributed by atoms with Crippen LogP contribution in [0.15, 0.2) is 30.5 Å². The average Bonchev–Trinajstić information content (AvgIpc) is 2.66. The third-order valence-corrected chi connectivity index (χ3v) is 5.69. The topological polar surface area (TPSA) is 62.7 Å². The molecule has 5 atom stereocenters. The number of methoxy groups -OCH3 is 1. The third kappa shape index (κ3) is 2.48. The van der Waals surface area contributed by atoms with Gasteiger partial charge in [-0.2, -0.15) is 0 Å². The van der Waals surface area contributed by atoms with Gasteiger partial charge in [0.1, 0.15) is 12.0 Å². The van der Waals surface area contributed by atoms with Gasteiger partial charge in [0.25, 0.3) is 0 Å². The highest BCUT2D eigenvalue weighted by atomic mass is 16.5. The van der Waals surface area contributed by atoms with Crippen molar-refractivity contribution in [2.75, 3.05) is 20.2 Å². The number of piperidine rings is 3. The SMILES string of the molecule is COc1ccc2nccc([C@H](O)[C@H]3C[C@@H]4CCN3C[C@@H]4C=O)c2c1. The lowest BCUT2D eigenvalue weighted by atomic mass is 9.74. The van der Waals surface area contributed by atoms with Crippen molar-refractivity contribution in [3.8, 4) is 5.75 Å². The molecule has 3 saturated heterocycles. The molecule has 3 fully saturated rings. The molecule has 24 heavy (non-hydrogen) atoms. The molecule has 0 radical (unpaired) electrons. The zero-order valence-electron chi connectivity index (χ0n) is 13.8. The van der Waals surface area contributed by atoms with Crippen LogP contribution in [0.2, 0.25) is 0 Å². The van der Waals surface area contributed by atoms with E-state index in [9.17, 15) is 9.90 Å². The lowest BCUT2D eigenvalue weighted by molar-refractivity contribution is -0.121. The molecule has 1 aromatic heterocycles. The molecule has 0 aliphatic carbocycles. The van der Waals surface area contributed by atoms with Crippen molar-refractivity contribution in [1.29, 1.82) is 0 Å². The van der Waals surface area contributed by atoms with E-state index < -0.39 is 6.10 Å². The first-order valence-corrected chi connectivity index (χ1v) is 8.51. The van der Waals surface area contributed by atoms with Crippen LogP contribution in [0, 0.1) is 11.8 Å². The summed E-state index contributed by atoms with van der Waals surface area (Å²) in [5, 5.41) is 12.0. The Morgan fingerprint density at radius 1 is 1.42 bits per heavy atom. The number of carbonyl (C=O) groups is 1. The van der Waals surface area contributed by atoms with E-state index in [1.54, 1.807) is 13.3 Å². The second-order valence-corrected chi connectivity index (χ2v) is 6.87. The number of nitrogens with zero attached hydrogens (tertiary/aromatic N) is 2. The number of ether oxygens (including phenoxy) is 1. The van der Waals surface area contributed by atoms with Gasteiger partial charge >= 0.3 is 0 Å². The molecule has 4 heterocycles. The Hall–Kier alpha value is -1.98. The fourth-order valence-electron chi connectivity index (χ4n) is 4.33. The maximum absolute atomic E-state index is 11.2. The molecule has 0 amide bonds. The van der Waals surface area contributed by atoms with Gasteiger partial charge in [0.2, 0.25) is 0 Å². The van der Waals surface area contributed by atoms with Gasteiger partial charge in [-0.3, -0.25) is 9.88 Å². The predicted octanol–water partition coefficient (Wildman–Crippen LogP) is 2.19. The van der Waals surface area contributed by atoms with Gasteiger partial charge in [-0.15, -0.1) is 0 Å². The lowest BCUT2D eigenvalue weighted by Gasteiger charge is -2.49. The largest absolute Gasteiger partial charge is 0.497 e. The van der Waals surface area contributed by atoms with E-state index in [4.69, 9.17) is 4.74 Å². The summed E-state index contributed by atoms with van der Waals surface area (Å²) in [5.41, 5.74) is 1.74. The van der Waals surface area contributed by atoms with Gasteiger partial charge in [-0.25, -0.2) is 0 Å². The predicted molar refractivity (Wildman–Crippen MR) is 90.9 cm³/mol. The summed E-state index contributed by atoms with van der Waals surface area (Å²) in [6.45, 7) is 1.73. The summed E-state index contributed by atoms with van der Waals surface area (Å²) < 4.78 is 5.32. The maximum atomic E-state index is 11.2. The van der Waals surface area contributed by atoms with Gasteiger partial charge in [0.15, 0.2) is 0 Å². The number of hydrogen-bond acceptors (Lipinski definition) is 5. The Balaban J connectivity index is 1.69. The van der Waals surface area contributed by atoms with Crippen molar-refractivity contribution in [3.05, 3.63) is 36.0 Å². The standard InChI is InChI=1S/C19H22N2O3/c1-24-14-2-3-17-16(9-14)15(4-6-20-17)19(23)18-8-12-5-7-21(18)10-13(12)11-22/h2-4,6,9,11-13,18-19,23H,5,7-8,10H2,1H3/t12-,13+,18+,19-/m0/s1. The summed E-state index contributed by atoms with van der Waals surface area (Å²) in [6, 6.07) is 7.70. The number of aromatic nitrogens is 1. The maximum Gasteiger partial charge on any atom is 0.124 e. The van der Waals surface area contributed by atoms with Crippen LogP contribution in [0.25, 0.3) is 10.9 Å². The normalized spacial score (nSPS) is 30.2. The molecule has 3 aliphatic heterocycles. The zero-order chi connectivity index (χ0) is 16.7. The molecule has 5 nitrogen and oxygen atoms in total. The third-order valence-electron chi connectivity index (χ3n) is 5.69. The lowest BCUT2D eigenvalue weighted by Crippen LogP contribution is -2.55. The number of benzene rings is 1. The number of carbonyl (C=O) groups excluding carboxylic acids is 1. The minimum atomic E-state index is -0.585. The summed E-state index contributed by atoms with van der Waals surface area (Å²) in [4.78, 5) is 17.9. The average molecular weight is 326 g/mol. The van der Waals surface area contributed by atoms with E-state index in [0.717, 1.165) is 54.4 Å². The van der Waals surface area contributed by atoms with E-state index in [1.807, 2.05) is 24.3 Å². The van der Waals surface area contributed by atoms with Crippen molar-refractivity contribution in [2.24, 2.45) is 11.8 Å². The quantitative estimate of drug-likeness (QED) is 0.873. The molecular formula is C19H22N2O3. The van der Waals surface area contributed by atoms with Gasteiger partial charge in [-0.1, -0.05) is 0 Å². The van der Waals surface area contributed by atoms with Crippen LogP contribution in [0.1, 0.15) is 24.5 Å². The molecule has 1 N–H and O–H groups in total. The van der Waals surface area contributed by atoms with Crippen LogP contribution in [0.4, 0.5) is 0 Å². The van der Waals surface area contributed by atoms with Crippen LogP contribution in [0.3, 0.4) is 0 Å². The zero-order valence-corrected chi connectivity index (χ0v) is 13.8. The van der Waals surface area contributed by atoms with E-state index in [2.05, 4.69) is 9.88 Å². The molecule has 0 spiro atoms. The first-order valence-electron chi connectivity index (χ1n) is 8.51. The highest BCUT2D eigenvalue weighted by molar-refractivity contribution is 5.84. The molecule has 3 aliphatic rings. The molecule has 5 heteroatoms. The van der Waals surface area contributed by atoms with Gasteiger partial charge < -0.3 is 14.6 Å². The Labute approximate surface area is 141 Å². The highest BCUT2D eigenvalue weighted by Gasteiger charge is 2.43. The van der Waals surface area contributed by atoms with E-state index in [0.29, 0.717) is 5.92 Å². The van der Waals surface area contributed by atoms with Crippen molar-refractivity contribution >= 4 is 17.2 Å². The van der Waals surface area contributed by atoms with Gasteiger partial charge in [-0.05, 0) is 55.1 Å². The molecule has 0 saturated carbocycles. The first kappa shape index (κ1) is 15.5. The number of hydrogen-bond donors (Lipinski definition) is 1. The van der Waals surface area contributed by atoms with Gasteiger partial charge in [0, 0.05) is 30.1 Å². The Morgan fingerprint density at radius 2 is 2.29 bits per heavy atom. The first-order chi connectivity index (χ1) is 11.7. The molecular weight excluding hydrogens is 304 g/mol. The van der Waals surface area contributed by atoms with Crippen molar-refractivity contribution < 1.29 is 14.6 Å². The van der Waals surface area contributed by atoms with Crippen LogP contribution < -0.4 is 4.74 Å². The number of aldehydes is 1. The molecule has 126 valence electrons. The number of pyridine rings is 1. The molecule has 2 aromatic rings. The van der Waals surface area contributed by atoms with Crippen LogP contribution in [-0.2, 0) is 4.79 Å². The summed E-state index contributed by atoms with van der Waals surface area (Å²) in [7, 11) is 1.64.